The summed E-state index contributed by atoms with van der Waals surface area (Å²) in [6.07, 6.45) is 0. The van der Waals surface area contributed by atoms with Crippen LogP contribution in [0.2, 0.25) is 0 Å². The predicted molar refractivity (Wildman–Crippen MR) is 103 cm³/mol. The van der Waals surface area contributed by atoms with Gasteiger partial charge in [0.2, 0.25) is 0 Å². The van der Waals surface area contributed by atoms with Crippen LogP contribution in [0.3, 0.4) is 0 Å². The third-order valence-corrected chi connectivity index (χ3v) is 4.95. The van der Waals surface area contributed by atoms with E-state index in [4.69, 9.17) is 9.47 Å². The molecule has 0 spiro atoms. The monoisotopic (exact) mass is 359 g/mol. The number of ether oxygens (including phenoxy) is 2. The maximum absolute atomic E-state index is 12.9. The zero-order valence-corrected chi connectivity index (χ0v) is 16.0. The Balaban J connectivity index is 1.76. The summed E-state index contributed by atoms with van der Waals surface area (Å²) in [6.45, 7) is 12.4. The van der Waals surface area contributed by atoms with Crippen molar-refractivity contribution in [1.29, 1.82) is 0 Å². The Labute approximate surface area is 155 Å². The first-order chi connectivity index (χ1) is 12.7. The Morgan fingerprint density at radius 2 is 2.04 bits per heavy atom. The largest absolute Gasteiger partial charge is 0.494 e. The van der Waals surface area contributed by atoms with E-state index in [1.165, 1.54) is 0 Å². The molecule has 1 fully saturated rings. The number of fused-ring (bicyclic) bond motifs is 1. The van der Waals surface area contributed by atoms with E-state index in [-0.39, 0.29) is 5.91 Å². The molecule has 26 heavy (non-hydrogen) atoms. The van der Waals surface area contributed by atoms with Crippen molar-refractivity contribution >= 4 is 16.8 Å². The van der Waals surface area contributed by atoms with E-state index in [1.807, 2.05) is 32.0 Å². The van der Waals surface area contributed by atoms with Crippen molar-refractivity contribution in [3.05, 3.63) is 29.5 Å². The lowest BCUT2D eigenvalue weighted by atomic mass is 10.1. The van der Waals surface area contributed by atoms with Crippen molar-refractivity contribution in [2.24, 2.45) is 0 Å². The molecule has 1 amide bonds. The van der Waals surface area contributed by atoms with Crippen LogP contribution >= 0.6 is 0 Å². The van der Waals surface area contributed by atoms with E-state index >= 15 is 0 Å². The van der Waals surface area contributed by atoms with Crippen molar-refractivity contribution in [2.75, 3.05) is 46.0 Å². The quantitative estimate of drug-likeness (QED) is 0.825. The van der Waals surface area contributed by atoms with Gasteiger partial charge >= 0.3 is 0 Å². The average Bonchev–Trinajstić information content (AvgIpc) is 2.94. The molecule has 0 atom stereocenters. The number of carbonyl (C=O) groups excluding carboxylic acids is 1. The van der Waals surface area contributed by atoms with E-state index in [2.05, 4.69) is 21.7 Å². The molecule has 1 aliphatic heterocycles. The first kappa shape index (κ1) is 18.7. The summed E-state index contributed by atoms with van der Waals surface area (Å²) < 4.78 is 13.1. The number of morpholine rings is 1. The molecule has 3 rings (SSSR count). The van der Waals surface area contributed by atoms with Gasteiger partial charge < -0.3 is 19.4 Å². The van der Waals surface area contributed by atoms with E-state index in [0.29, 0.717) is 13.2 Å². The van der Waals surface area contributed by atoms with Crippen LogP contribution < -0.4 is 10.1 Å². The summed E-state index contributed by atoms with van der Waals surface area (Å²) in [6, 6.07) is 6.05. The molecule has 1 aromatic heterocycles. The summed E-state index contributed by atoms with van der Waals surface area (Å²) in [5.41, 5.74) is 2.83. The molecule has 1 aliphatic rings. The molecule has 6 nitrogen and oxygen atoms in total. The molecule has 1 saturated heterocycles. The van der Waals surface area contributed by atoms with Crippen molar-refractivity contribution in [2.45, 2.75) is 27.3 Å². The summed E-state index contributed by atoms with van der Waals surface area (Å²) in [4.78, 5) is 15.2. The second kappa shape index (κ2) is 8.56. The second-order valence-electron chi connectivity index (χ2n) is 6.54. The molecule has 2 heterocycles. The van der Waals surface area contributed by atoms with Crippen LogP contribution in [0.25, 0.3) is 10.9 Å². The molecule has 0 aliphatic carbocycles. The van der Waals surface area contributed by atoms with Gasteiger partial charge in [0, 0.05) is 43.6 Å². The molecule has 142 valence electrons. The highest BCUT2D eigenvalue weighted by molar-refractivity contribution is 6.02. The number of carbonyl (C=O) groups is 1. The normalized spacial score (nSPS) is 15.3. The van der Waals surface area contributed by atoms with Gasteiger partial charge in [0.15, 0.2) is 0 Å². The molecular weight excluding hydrogens is 330 g/mol. The standard InChI is InChI=1S/C20H29N3O3/c1-4-23-18-7-6-16(26-5-2)14-17(18)15(3)19(23)20(24)21-8-9-22-10-12-25-13-11-22/h6-7,14H,4-5,8-13H2,1-3H3,(H,21,24). The number of hydrogen-bond acceptors (Lipinski definition) is 4. The SMILES string of the molecule is CCOc1ccc2c(c1)c(C)c(C(=O)NCCN1CCOCC1)n2CC. The fourth-order valence-corrected chi connectivity index (χ4v) is 3.62. The van der Waals surface area contributed by atoms with Gasteiger partial charge in [0.1, 0.15) is 11.4 Å². The lowest BCUT2D eigenvalue weighted by Crippen LogP contribution is -2.41. The van der Waals surface area contributed by atoms with Crippen molar-refractivity contribution in [1.82, 2.24) is 14.8 Å². The van der Waals surface area contributed by atoms with Crippen LogP contribution in [0.5, 0.6) is 5.75 Å². The summed E-state index contributed by atoms with van der Waals surface area (Å²) in [5.74, 6) is 0.836. The van der Waals surface area contributed by atoms with Gasteiger partial charge in [-0.1, -0.05) is 0 Å². The van der Waals surface area contributed by atoms with Crippen LogP contribution in [0.4, 0.5) is 0 Å². The van der Waals surface area contributed by atoms with Gasteiger partial charge in [-0.05, 0) is 44.5 Å². The molecule has 0 unspecified atom stereocenters. The lowest BCUT2D eigenvalue weighted by Gasteiger charge is -2.26. The molecule has 0 radical (unpaired) electrons. The fourth-order valence-electron chi connectivity index (χ4n) is 3.62. The van der Waals surface area contributed by atoms with E-state index in [1.54, 1.807) is 0 Å². The highest BCUT2D eigenvalue weighted by atomic mass is 16.5. The van der Waals surface area contributed by atoms with Gasteiger partial charge in [-0.3, -0.25) is 9.69 Å². The number of nitrogens with one attached hydrogen (secondary N) is 1. The minimum atomic E-state index is -0.00762. The van der Waals surface area contributed by atoms with Gasteiger partial charge in [0.25, 0.3) is 5.91 Å². The summed E-state index contributed by atoms with van der Waals surface area (Å²) >= 11 is 0. The maximum atomic E-state index is 12.9. The van der Waals surface area contributed by atoms with Crippen LogP contribution in [0, 0.1) is 6.92 Å². The smallest absolute Gasteiger partial charge is 0.268 e. The number of aryl methyl sites for hydroxylation is 2. The first-order valence-electron chi connectivity index (χ1n) is 9.49. The third-order valence-electron chi connectivity index (χ3n) is 4.95. The minimum absolute atomic E-state index is 0.00762. The Hall–Kier alpha value is -2.05. The maximum Gasteiger partial charge on any atom is 0.268 e. The zero-order chi connectivity index (χ0) is 18.5. The van der Waals surface area contributed by atoms with Crippen molar-refractivity contribution in [3.8, 4) is 5.75 Å². The topological polar surface area (TPSA) is 55.7 Å². The number of benzene rings is 1. The highest BCUT2D eigenvalue weighted by Gasteiger charge is 2.20. The second-order valence-corrected chi connectivity index (χ2v) is 6.54. The number of amides is 1. The number of nitrogens with zero attached hydrogens (tertiary/aromatic N) is 2. The predicted octanol–water partition coefficient (Wildman–Crippen LogP) is 2.43. The van der Waals surface area contributed by atoms with Gasteiger partial charge in [-0.25, -0.2) is 0 Å². The summed E-state index contributed by atoms with van der Waals surface area (Å²) in [5, 5.41) is 4.17. The highest BCUT2D eigenvalue weighted by Crippen LogP contribution is 2.29. The van der Waals surface area contributed by atoms with E-state index in [9.17, 15) is 4.79 Å². The van der Waals surface area contributed by atoms with E-state index < -0.39 is 0 Å². The van der Waals surface area contributed by atoms with Crippen molar-refractivity contribution in [3.63, 3.8) is 0 Å². The zero-order valence-electron chi connectivity index (χ0n) is 16.0. The Bertz CT molecular complexity index is 763. The van der Waals surface area contributed by atoms with Gasteiger partial charge in [-0.2, -0.15) is 0 Å². The number of rotatable bonds is 7. The Morgan fingerprint density at radius 1 is 1.27 bits per heavy atom. The molecular formula is C20H29N3O3. The Morgan fingerprint density at radius 3 is 2.73 bits per heavy atom. The lowest BCUT2D eigenvalue weighted by molar-refractivity contribution is 0.0383. The van der Waals surface area contributed by atoms with Crippen LogP contribution in [-0.4, -0.2) is 61.4 Å². The average molecular weight is 359 g/mol. The third kappa shape index (κ3) is 3.86. The minimum Gasteiger partial charge on any atom is -0.494 e. The molecule has 6 heteroatoms. The molecule has 0 bridgehead atoms. The van der Waals surface area contributed by atoms with Crippen molar-refractivity contribution < 1.29 is 14.3 Å². The van der Waals surface area contributed by atoms with Crippen LogP contribution in [0.1, 0.15) is 29.9 Å². The molecule has 2 aromatic rings. The van der Waals surface area contributed by atoms with E-state index in [0.717, 1.165) is 67.3 Å². The summed E-state index contributed by atoms with van der Waals surface area (Å²) in [7, 11) is 0. The van der Waals surface area contributed by atoms with Gasteiger partial charge in [0.05, 0.1) is 19.8 Å². The number of hydrogen-bond donors (Lipinski definition) is 1. The first-order valence-corrected chi connectivity index (χ1v) is 9.49. The Kier molecular flexibility index (Phi) is 6.16. The van der Waals surface area contributed by atoms with Crippen LogP contribution in [0.15, 0.2) is 18.2 Å². The molecule has 1 aromatic carbocycles. The number of aromatic nitrogens is 1. The molecule has 1 N–H and O–H groups in total. The molecule has 0 saturated carbocycles. The van der Waals surface area contributed by atoms with Gasteiger partial charge in [-0.15, -0.1) is 0 Å². The fraction of sp³-hybridized carbons (Fsp3) is 0.550. The van der Waals surface area contributed by atoms with Crippen LogP contribution in [-0.2, 0) is 11.3 Å².